The molecule has 1 heterocycles. The summed E-state index contributed by atoms with van der Waals surface area (Å²) in [5.41, 5.74) is 6.14. The van der Waals surface area contributed by atoms with E-state index in [1.807, 2.05) is 0 Å². The molecule has 1 amide bonds. The Bertz CT molecular complexity index is 496. The van der Waals surface area contributed by atoms with Crippen molar-refractivity contribution in [1.82, 2.24) is 5.32 Å². The Balaban J connectivity index is 0.00000176. The number of thiophene rings is 1. The predicted octanol–water partition coefficient (Wildman–Crippen LogP) is 3.89. The summed E-state index contributed by atoms with van der Waals surface area (Å²) in [7, 11) is 0. The molecule has 3 nitrogen and oxygen atoms in total. The molecule has 22 heavy (non-hydrogen) atoms. The van der Waals surface area contributed by atoms with Crippen LogP contribution in [0.15, 0.2) is 15.9 Å². The summed E-state index contributed by atoms with van der Waals surface area (Å²) in [4.78, 5) is 13.5. The lowest BCUT2D eigenvalue weighted by molar-refractivity contribution is -0.123. The van der Waals surface area contributed by atoms with E-state index < -0.39 is 0 Å². The van der Waals surface area contributed by atoms with Crippen LogP contribution in [0.1, 0.15) is 43.4 Å². The van der Waals surface area contributed by atoms with E-state index >= 15 is 0 Å². The SMILES string of the molecule is Cl.NC1CC2CCCC(C1)C2NC(=O)CCc1cc(Br)cs1. The number of fused-ring (bicyclic) bond motifs is 2. The first-order valence-electron chi connectivity index (χ1n) is 7.89. The lowest BCUT2D eigenvalue weighted by atomic mass is 9.67. The van der Waals surface area contributed by atoms with Gasteiger partial charge in [-0.25, -0.2) is 0 Å². The molecular weight excluding hydrogens is 384 g/mol. The van der Waals surface area contributed by atoms with Crippen LogP contribution in [-0.4, -0.2) is 18.0 Å². The smallest absolute Gasteiger partial charge is 0.220 e. The molecule has 2 atom stereocenters. The van der Waals surface area contributed by atoms with E-state index in [0.717, 1.165) is 23.7 Å². The van der Waals surface area contributed by atoms with Gasteiger partial charge in [-0.15, -0.1) is 23.7 Å². The Morgan fingerprint density at radius 1 is 1.36 bits per heavy atom. The monoisotopic (exact) mass is 406 g/mol. The fourth-order valence-electron chi connectivity index (χ4n) is 4.00. The minimum absolute atomic E-state index is 0. The van der Waals surface area contributed by atoms with Gasteiger partial charge >= 0.3 is 0 Å². The third-order valence-corrected chi connectivity index (χ3v) is 6.68. The second-order valence-electron chi connectivity index (χ2n) is 6.51. The van der Waals surface area contributed by atoms with Crippen LogP contribution in [0.3, 0.4) is 0 Å². The van der Waals surface area contributed by atoms with Crippen LogP contribution in [0.25, 0.3) is 0 Å². The van der Waals surface area contributed by atoms with Crippen molar-refractivity contribution in [2.45, 2.75) is 57.0 Å². The molecule has 2 aliphatic rings. The summed E-state index contributed by atoms with van der Waals surface area (Å²) >= 11 is 5.17. The molecule has 2 bridgehead atoms. The quantitative estimate of drug-likeness (QED) is 0.795. The maximum absolute atomic E-state index is 12.3. The van der Waals surface area contributed by atoms with Crippen LogP contribution in [-0.2, 0) is 11.2 Å². The highest BCUT2D eigenvalue weighted by molar-refractivity contribution is 9.10. The second-order valence-corrected chi connectivity index (χ2v) is 8.42. The summed E-state index contributed by atoms with van der Waals surface area (Å²) in [6.45, 7) is 0. The Morgan fingerprint density at radius 2 is 2.05 bits per heavy atom. The van der Waals surface area contributed by atoms with E-state index in [1.165, 1.54) is 24.1 Å². The molecule has 0 saturated heterocycles. The van der Waals surface area contributed by atoms with Crippen molar-refractivity contribution in [2.24, 2.45) is 17.6 Å². The highest BCUT2D eigenvalue weighted by atomic mass is 79.9. The molecule has 6 heteroatoms. The normalized spacial score (nSPS) is 30.5. The van der Waals surface area contributed by atoms with Crippen molar-refractivity contribution in [2.75, 3.05) is 0 Å². The van der Waals surface area contributed by atoms with Gasteiger partial charge < -0.3 is 11.1 Å². The molecule has 1 aromatic rings. The maximum atomic E-state index is 12.3. The lowest BCUT2D eigenvalue weighted by Crippen LogP contribution is -2.53. The van der Waals surface area contributed by atoms with Gasteiger partial charge in [0.05, 0.1) is 0 Å². The number of halogens is 2. The number of amides is 1. The number of carbonyl (C=O) groups excluding carboxylic acids is 1. The Morgan fingerprint density at radius 3 is 2.64 bits per heavy atom. The number of nitrogens with two attached hydrogens (primary N) is 1. The molecule has 2 unspecified atom stereocenters. The Labute approximate surface area is 151 Å². The first-order chi connectivity index (χ1) is 10.1. The second kappa shape index (κ2) is 8.13. The first-order valence-corrected chi connectivity index (χ1v) is 9.57. The number of nitrogens with one attached hydrogen (secondary N) is 1. The maximum Gasteiger partial charge on any atom is 0.220 e. The van der Waals surface area contributed by atoms with Gasteiger partial charge in [0, 0.05) is 33.2 Å². The van der Waals surface area contributed by atoms with E-state index in [-0.39, 0.29) is 18.3 Å². The van der Waals surface area contributed by atoms with Crippen LogP contribution < -0.4 is 11.1 Å². The fraction of sp³-hybridized carbons (Fsp3) is 0.688. The number of aryl methyl sites for hydroxylation is 1. The van der Waals surface area contributed by atoms with E-state index in [9.17, 15) is 4.79 Å². The third-order valence-electron chi connectivity index (χ3n) is 4.92. The van der Waals surface area contributed by atoms with E-state index in [1.54, 1.807) is 11.3 Å². The summed E-state index contributed by atoms with van der Waals surface area (Å²) in [6.07, 6.45) is 7.36. The summed E-state index contributed by atoms with van der Waals surface area (Å²) < 4.78 is 1.11. The van der Waals surface area contributed by atoms with Crippen molar-refractivity contribution in [1.29, 1.82) is 0 Å². The van der Waals surface area contributed by atoms with Crippen LogP contribution in [0, 0.1) is 11.8 Å². The van der Waals surface area contributed by atoms with E-state index in [0.29, 0.717) is 30.3 Å². The largest absolute Gasteiger partial charge is 0.353 e. The van der Waals surface area contributed by atoms with Crippen molar-refractivity contribution in [3.63, 3.8) is 0 Å². The average Bonchev–Trinajstić information content (AvgIpc) is 2.83. The molecule has 0 aliphatic heterocycles. The summed E-state index contributed by atoms with van der Waals surface area (Å²) in [6, 6.07) is 2.82. The predicted molar refractivity (Wildman–Crippen MR) is 97.6 cm³/mol. The van der Waals surface area contributed by atoms with Crippen molar-refractivity contribution in [3.05, 3.63) is 20.8 Å². The van der Waals surface area contributed by atoms with E-state index in [2.05, 4.69) is 32.7 Å². The van der Waals surface area contributed by atoms with Gasteiger partial charge in [0.15, 0.2) is 0 Å². The zero-order valence-corrected chi connectivity index (χ0v) is 15.8. The molecule has 2 saturated carbocycles. The molecule has 0 spiro atoms. The van der Waals surface area contributed by atoms with Gasteiger partial charge in [0.25, 0.3) is 0 Å². The zero-order chi connectivity index (χ0) is 14.8. The van der Waals surface area contributed by atoms with Crippen molar-refractivity contribution < 1.29 is 4.79 Å². The molecule has 1 aromatic heterocycles. The van der Waals surface area contributed by atoms with Crippen LogP contribution >= 0.6 is 39.7 Å². The standard InChI is InChI=1S/C16H23BrN2OS.ClH/c17-12-8-14(21-9-12)4-5-15(20)19-16-10-2-1-3-11(16)7-13(18)6-10;/h8-11,13,16H,1-7,18H2,(H,19,20);1H. The highest BCUT2D eigenvalue weighted by Gasteiger charge is 2.39. The van der Waals surface area contributed by atoms with Gasteiger partial charge in [-0.05, 0) is 65.9 Å². The summed E-state index contributed by atoms with van der Waals surface area (Å²) in [5, 5.41) is 5.39. The fourth-order valence-corrected chi connectivity index (χ4v) is 5.46. The molecule has 0 aromatic carbocycles. The van der Waals surface area contributed by atoms with Gasteiger partial charge in [0.2, 0.25) is 5.91 Å². The molecular formula is C16H24BrClN2OS. The highest BCUT2D eigenvalue weighted by Crippen LogP contribution is 2.39. The number of hydrogen-bond donors (Lipinski definition) is 2. The third kappa shape index (κ3) is 4.47. The molecule has 3 rings (SSSR count). The number of rotatable bonds is 4. The zero-order valence-electron chi connectivity index (χ0n) is 12.6. The Kier molecular flexibility index (Phi) is 6.74. The first kappa shape index (κ1) is 18.2. The van der Waals surface area contributed by atoms with Crippen LogP contribution in [0.2, 0.25) is 0 Å². The van der Waals surface area contributed by atoms with E-state index in [4.69, 9.17) is 5.73 Å². The van der Waals surface area contributed by atoms with Crippen molar-refractivity contribution >= 4 is 45.6 Å². The molecule has 2 fully saturated rings. The topological polar surface area (TPSA) is 55.1 Å². The lowest BCUT2D eigenvalue weighted by Gasteiger charge is -2.45. The number of hydrogen-bond acceptors (Lipinski definition) is 3. The minimum Gasteiger partial charge on any atom is -0.353 e. The Hall–Kier alpha value is -0.100. The number of carbonyl (C=O) groups is 1. The van der Waals surface area contributed by atoms with Gasteiger partial charge in [-0.3, -0.25) is 4.79 Å². The van der Waals surface area contributed by atoms with Gasteiger partial charge in [0.1, 0.15) is 0 Å². The van der Waals surface area contributed by atoms with Crippen LogP contribution in [0.4, 0.5) is 0 Å². The molecule has 0 radical (unpaired) electrons. The molecule has 2 aliphatic carbocycles. The van der Waals surface area contributed by atoms with Gasteiger partial charge in [-0.2, -0.15) is 0 Å². The van der Waals surface area contributed by atoms with Crippen molar-refractivity contribution in [3.8, 4) is 0 Å². The molecule has 3 N–H and O–H groups in total. The summed E-state index contributed by atoms with van der Waals surface area (Å²) in [5.74, 6) is 1.41. The van der Waals surface area contributed by atoms with Gasteiger partial charge in [-0.1, -0.05) is 6.42 Å². The molecule has 124 valence electrons. The average molecular weight is 408 g/mol. The minimum atomic E-state index is 0. The van der Waals surface area contributed by atoms with Crippen LogP contribution in [0.5, 0.6) is 0 Å².